The van der Waals surface area contributed by atoms with Crippen LogP contribution in [0.25, 0.3) is 21.2 Å². The van der Waals surface area contributed by atoms with E-state index in [1.165, 1.54) is 6.92 Å². The van der Waals surface area contributed by atoms with Crippen LogP contribution in [-0.2, 0) is 6.54 Å². The Kier molecular flexibility index (Phi) is 8.92. The molecule has 1 aliphatic carbocycles. The topological polar surface area (TPSA) is 62.7 Å². The van der Waals surface area contributed by atoms with Crippen LogP contribution in [0.2, 0.25) is 5.02 Å². The molecule has 2 aromatic carbocycles. The average Bonchev–Trinajstić information content (AvgIpc) is 3.35. The van der Waals surface area contributed by atoms with Crippen molar-refractivity contribution in [3.8, 4) is 16.9 Å². The number of aromatic nitrogens is 1. The average molecular weight is 612 g/mol. The lowest BCUT2D eigenvalue weighted by Crippen LogP contribution is -2.44. The Hall–Kier alpha value is -3.40. The third kappa shape index (κ3) is 5.91. The zero-order valence-corrected chi connectivity index (χ0v) is 25.5. The van der Waals surface area contributed by atoms with E-state index in [-0.39, 0.29) is 44.3 Å². The van der Waals surface area contributed by atoms with Crippen molar-refractivity contribution in [2.75, 3.05) is 21.2 Å². The van der Waals surface area contributed by atoms with Crippen molar-refractivity contribution in [3.63, 3.8) is 0 Å². The first kappa shape index (κ1) is 30.1. The van der Waals surface area contributed by atoms with Crippen LogP contribution in [0.1, 0.15) is 58.3 Å². The summed E-state index contributed by atoms with van der Waals surface area (Å²) in [6.07, 6.45) is 4.96. The molecule has 0 bridgehead atoms. The van der Waals surface area contributed by atoms with Crippen LogP contribution in [0.15, 0.2) is 48.7 Å². The fourth-order valence-corrected chi connectivity index (χ4v) is 7.19. The summed E-state index contributed by atoms with van der Waals surface area (Å²) < 4.78 is 35.0. The molecule has 0 aliphatic heterocycles. The summed E-state index contributed by atoms with van der Waals surface area (Å²) in [5, 5.41) is -0.141. The van der Waals surface area contributed by atoms with Gasteiger partial charge in [0.2, 0.25) is 0 Å². The fraction of sp³-hybridized carbons (Fsp3) is 0.344. The van der Waals surface area contributed by atoms with Crippen molar-refractivity contribution >= 4 is 44.7 Å². The first-order valence-corrected chi connectivity index (χ1v) is 15.0. The Bertz CT molecular complexity index is 1650. The van der Waals surface area contributed by atoms with E-state index < -0.39 is 11.6 Å². The third-order valence-electron chi connectivity index (χ3n) is 8.05. The van der Waals surface area contributed by atoms with E-state index in [1.54, 1.807) is 24.3 Å². The molecule has 5 rings (SSSR count). The number of Topliss-reactive ketones (excluding diaryl/α,β-unsaturated/α-hetero) is 1. The number of carbonyl (C=O) groups excluding carboxylic acids is 2. The van der Waals surface area contributed by atoms with E-state index >= 15 is 0 Å². The lowest BCUT2D eigenvalue weighted by Gasteiger charge is -2.39. The van der Waals surface area contributed by atoms with Crippen molar-refractivity contribution in [2.24, 2.45) is 0 Å². The number of rotatable bonds is 8. The lowest BCUT2D eigenvalue weighted by molar-refractivity contribution is 0.0573. The summed E-state index contributed by atoms with van der Waals surface area (Å²) in [5.74, 6) is -1.19. The molecule has 4 aromatic rings. The maximum atomic E-state index is 14.7. The highest BCUT2D eigenvalue weighted by Crippen LogP contribution is 2.41. The molecule has 0 N–H and O–H groups in total. The molecule has 0 saturated heterocycles. The Morgan fingerprint density at radius 2 is 1.67 bits per heavy atom. The zero-order chi connectivity index (χ0) is 30.1. The molecule has 1 fully saturated rings. The molecule has 0 atom stereocenters. The molecule has 2 aromatic heterocycles. The number of ketones is 1. The smallest absolute Gasteiger partial charge is 0.266 e. The predicted octanol–water partition coefficient (Wildman–Crippen LogP) is 7.62. The number of fused-ring (bicyclic) bond motifs is 1. The molecule has 10 heteroatoms. The summed E-state index contributed by atoms with van der Waals surface area (Å²) in [4.78, 5) is 34.4. The van der Waals surface area contributed by atoms with Gasteiger partial charge in [-0.15, -0.1) is 11.3 Å². The van der Waals surface area contributed by atoms with Gasteiger partial charge >= 0.3 is 0 Å². The number of halogens is 3. The molecule has 42 heavy (non-hydrogen) atoms. The van der Waals surface area contributed by atoms with Crippen LogP contribution in [0.3, 0.4) is 0 Å². The summed E-state index contributed by atoms with van der Waals surface area (Å²) in [6.45, 7) is 1.67. The molecule has 2 heterocycles. The molecule has 0 spiro atoms. The van der Waals surface area contributed by atoms with Gasteiger partial charge in [0.05, 0.1) is 22.2 Å². The highest BCUT2D eigenvalue weighted by molar-refractivity contribution is 7.21. The van der Waals surface area contributed by atoms with Crippen molar-refractivity contribution in [2.45, 2.75) is 51.2 Å². The first-order valence-electron chi connectivity index (χ1n) is 13.8. The third-order valence-corrected chi connectivity index (χ3v) is 9.73. The van der Waals surface area contributed by atoms with Gasteiger partial charge in [-0.3, -0.25) is 14.6 Å². The Morgan fingerprint density at radius 1 is 1.00 bits per heavy atom. The van der Waals surface area contributed by atoms with Gasteiger partial charge in [0.15, 0.2) is 5.78 Å². The van der Waals surface area contributed by atoms with Gasteiger partial charge in [-0.1, -0.05) is 17.7 Å². The van der Waals surface area contributed by atoms with E-state index in [2.05, 4.69) is 24.0 Å². The number of nitrogens with zero attached hydrogens (tertiary/aromatic N) is 3. The molecule has 1 amide bonds. The summed E-state index contributed by atoms with van der Waals surface area (Å²) >= 11 is 7.45. The standard InChI is InChI=1S/C32H32ClF2N3O3S/c1-18(39)26-16-20(13-14-36-26)19-5-12-27(41-4)21(15-19)17-38(23-8-6-22(7-9-23)37(2)3)32(40)31-29(33)28-24(34)10-11-25(35)30(28)42-31/h5,10-16,22-23H,6-9,17H2,1-4H3/t22-,23-. The van der Waals surface area contributed by atoms with E-state index in [0.717, 1.165) is 65.8 Å². The molecule has 220 valence electrons. The molecular formula is C32H32ClF2N3O3S. The number of ether oxygens (including phenoxy) is 1. The highest BCUT2D eigenvalue weighted by atomic mass is 35.5. The maximum Gasteiger partial charge on any atom is 0.266 e. The van der Waals surface area contributed by atoms with Crippen LogP contribution >= 0.6 is 22.9 Å². The van der Waals surface area contributed by atoms with Crippen molar-refractivity contribution in [3.05, 3.63) is 81.5 Å². The number of carbonyl (C=O) groups is 2. The maximum absolute atomic E-state index is 14.7. The minimum absolute atomic E-state index is 0.0261. The van der Waals surface area contributed by atoms with Crippen LogP contribution in [-0.4, -0.2) is 59.8 Å². The van der Waals surface area contributed by atoms with Crippen LogP contribution in [0, 0.1) is 11.6 Å². The lowest BCUT2D eigenvalue weighted by atomic mass is 9.89. The molecule has 0 unspecified atom stereocenters. The number of hydrogen-bond donors (Lipinski definition) is 0. The molecule has 1 aliphatic rings. The number of benzene rings is 2. The second-order valence-corrected chi connectivity index (χ2v) is 12.2. The Morgan fingerprint density at radius 3 is 2.31 bits per heavy atom. The van der Waals surface area contributed by atoms with Gasteiger partial charge < -0.3 is 14.5 Å². The van der Waals surface area contributed by atoms with E-state index in [4.69, 9.17) is 16.3 Å². The summed E-state index contributed by atoms with van der Waals surface area (Å²) in [5.41, 5.74) is 2.76. The molecule has 6 nitrogen and oxygen atoms in total. The second kappa shape index (κ2) is 12.5. The van der Waals surface area contributed by atoms with Crippen molar-refractivity contribution in [1.82, 2.24) is 14.8 Å². The minimum Gasteiger partial charge on any atom is -0.496 e. The molecular weight excluding hydrogens is 580 g/mol. The number of methoxy groups -OCH3 is 1. The zero-order valence-electron chi connectivity index (χ0n) is 23.9. The van der Waals surface area contributed by atoms with Crippen LogP contribution < -0.4 is 4.74 Å². The van der Waals surface area contributed by atoms with E-state index in [1.807, 2.05) is 24.3 Å². The van der Waals surface area contributed by atoms with E-state index in [0.29, 0.717) is 17.5 Å². The monoisotopic (exact) mass is 611 g/mol. The van der Waals surface area contributed by atoms with Gasteiger partial charge in [0.1, 0.15) is 28.0 Å². The van der Waals surface area contributed by atoms with Gasteiger partial charge in [-0.25, -0.2) is 8.78 Å². The fourth-order valence-electron chi connectivity index (χ4n) is 5.69. The highest BCUT2D eigenvalue weighted by Gasteiger charge is 2.33. The molecule has 1 saturated carbocycles. The van der Waals surface area contributed by atoms with Gasteiger partial charge in [0, 0.05) is 37.3 Å². The number of hydrogen-bond acceptors (Lipinski definition) is 6. The van der Waals surface area contributed by atoms with Crippen molar-refractivity contribution in [1.29, 1.82) is 0 Å². The number of pyridine rings is 1. The molecule has 0 radical (unpaired) electrons. The number of amides is 1. The summed E-state index contributed by atoms with van der Waals surface area (Å²) in [7, 11) is 5.68. The summed E-state index contributed by atoms with van der Waals surface area (Å²) in [6, 6.07) is 11.6. The quantitative estimate of drug-likeness (QED) is 0.192. The van der Waals surface area contributed by atoms with Crippen molar-refractivity contribution < 1.29 is 23.1 Å². The van der Waals surface area contributed by atoms with E-state index in [9.17, 15) is 18.4 Å². The minimum atomic E-state index is -0.665. The SMILES string of the molecule is COc1ccc(-c2ccnc(C(C)=O)c2)cc1CN(C(=O)c1sc2c(F)ccc(F)c2c1Cl)[C@H]1CC[C@H](N(C)C)CC1. The second-order valence-electron chi connectivity index (χ2n) is 10.9. The Balaban J connectivity index is 1.56. The normalized spacial score (nSPS) is 17.0. The van der Waals surface area contributed by atoms with Crippen LogP contribution in [0.5, 0.6) is 5.75 Å². The Labute approximate surface area is 252 Å². The van der Waals surface area contributed by atoms with Gasteiger partial charge in [0.25, 0.3) is 5.91 Å². The van der Waals surface area contributed by atoms with Gasteiger partial charge in [-0.05, 0) is 87.3 Å². The largest absolute Gasteiger partial charge is 0.496 e. The van der Waals surface area contributed by atoms with Crippen LogP contribution in [0.4, 0.5) is 8.78 Å². The predicted molar refractivity (Wildman–Crippen MR) is 163 cm³/mol. The number of thiophene rings is 1. The first-order chi connectivity index (χ1) is 20.1. The van der Waals surface area contributed by atoms with Gasteiger partial charge in [-0.2, -0.15) is 0 Å².